The number of para-hydroxylation sites is 1. The summed E-state index contributed by atoms with van der Waals surface area (Å²) in [7, 11) is 0. The maximum absolute atomic E-state index is 12.9. The van der Waals surface area contributed by atoms with Crippen LogP contribution in [0.25, 0.3) is 10.8 Å². The number of carbonyl (C=O) groups is 1. The van der Waals surface area contributed by atoms with Crippen molar-refractivity contribution in [2.24, 2.45) is 0 Å². The van der Waals surface area contributed by atoms with Crippen LogP contribution in [0.3, 0.4) is 0 Å². The van der Waals surface area contributed by atoms with E-state index < -0.39 is 0 Å². The number of hydrogen-bond acceptors (Lipinski definition) is 3. The summed E-state index contributed by atoms with van der Waals surface area (Å²) in [4.78, 5) is 14.8. The number of amides is 1. The molecule has 29 heavy (non-hydrogen) atoms. The SMILES string of the molecule is CCc1ccc(OCC(=O)N2CCCC2CNc2ccccc2)c2ccccc12. The minimum absolute atomic E-state index is 0.0611. The third-order valence-electron chi connectivity index (χ3n) is 5.72. The fraction of sp³-hybridized carbons (Fsp3) is 0.320. The van der Waals surface area contributed by atoms with Crippen LogP contribution >= 0.6 is 0 Å². The van der Waals surface area contributed by atoms with Crippen molar-refractivity contribution in [3.63, 3.8) is 0 Å². The minimum atomic E-state index is 0.0611. The van der Waals surface area contributed by atoms with Crippen molar-refractivity contribution >= 4 is 22.4 Å². The van der Waals surface area contributed by atoms with Gasteiger partial charge in [0.1, 0.15) is 5.75 Å². The largest absolute Gasteiger partial charge is 0.483 e. The van der Waals surface area contributed by atoms with Crippen molar-refractivity contribution in [2.75, 3.05) is 25.0 Å². The van der Waals surface area contributed by atoms with Gasteiger partial charge in [0.25, 0.3) is 5.91 Å². The van der Waals surface area contributed by atoms with E-state index in [1.165, 1.54) is 10.9 Å². The van der Waals surface area contributed by atoms with Crippen molar-refractivity contribution < 1.29 is 9.53 Å². The Morgan fingerprint density at radius 1 is 1.03 bits per heavy atom. The van der Waals surface area contributed by atoms with E-state index in [1.54, 1.807) is 0 Å². The van der Waals surface area contributed by atoms with Crippen LogP contribution in [0, 0.1) is 0 Å². The first-order chi connectivity index (χ1) is 14.3. The number of nitrogens with zero attached hydrogens (tertiary/aromatic N) is 1. The minimum Gasteiger partial charge on any atom is -0.483 e. The Labute approximate surface area is 172 Å². The van der Waals surface area contributed by atoms with Crippen LogP contribution in [0.5, 0.6) is 5.75 Å². The fourth-order valence-corrected chi connectivity index (χ4v) is 4.16. The van der Waals surface area contributed by atoms with Crippen molar-refractivity contribution in [1.29, 1.82) is 0 Å². The van der Waals surface area contributed by atoms with E-state index in [0.717, 1.165) is 49.2 Å². The number of ether oxygens (including phenoxy) is 1. The first kappa shape index (κ1) is 19.3. The molecule has 0 spiro atoms. The Hall–Kier alpha value is -3.01. The summed E-state index contributed by atoms with van der Waals surface area (Å²) >= 11 is 0. The predicted octanol–water partition coefficient (Wildman–Crippen LogP) is 4.88. The number of anilines is 1. The van der Waals surface area contributed by atoms with Crippen LogP contribution in [0.2, 0.25) is 0 Å². The summed E-state index contributed by atoms with van der Waals surface area (Å²) in [6, 6.07) is 22.7. The zero-order valence-electron chi connectivity index (χ0n) is 16.9. The van der Waals surface area contributed by atoms with Crippen LogP contribution in [-0.2, 0) is 11.2 Å². The van der Waals surface area contributed by atoms with Gasteiger partial charge in [-0.3, -0.25) is 4.79 Å². The van der Waals surface area contributed by atoms with E-state index in [1.807, 2.05) is 41.3 Å². The zero-order valence-corrected chi connectivity index (χ0v) is 16.9. The third-order valence-corrected chi connectivity index (χ3v) is 5.72. The first-order valence-electron chi connectivity index (χ1n) is 10.5. The molecule has 1 aliphatic rings. The summed E-state index contributed by atoms with van der Waals surface area (Å²) in [5.74, 6) is 0.843. The molecule has 1 N–H and O–H groups in total. The molecule has 150 valence electrons. The van der Waals surface area contributed by atoms with Crippen molar-refractivity contribution in [3.05, 3.63) is 72.3 Å². The molecule has 1 amide bonds. The second kappa shape index (κ2) is 8.99. The standard InChI is InChI=1S/C25H28N2O2/c1-2-19-14-15-24(23-13-7-6-12-22(19)23)29-18-25(28)27-16-8-11-21(27)17-26-20-9-4-3-5-10-20/h3-7,9-10,12-15,21,26H,2,8,11,16-18H2,1H3. The summed E-state index contributed by atoms with van der Waals surface area (Å²) in [6.45, 7) is 3.81. The molecule has 0 bridgehead atoms. The quantitative estimate of drug-likeness (QED) is 0.627. The summed E-state index contributed by atoms with van der Waals surface area (Å²) < 4.78 is 5.99. The van der Waals surface area contributed by atoms with E-state index in [-0.39, 0.29) is 18.6 Å². The van der Waals surface area contributed by atoms with Gasteiger partial charge in [0, 0.05) is 30.2 Å². The molecule has 1 atom stereocenters. The predicted molar refractivity (Wildman–Crippen MR) is 118 cm³/mol. The number of nitrogens with one attached hydrogen (secondary N) is 1. The molecule has 1 saturated heterocycles. The Morgan fingerprint density at radius 3 is 2.59 bits per heavy atom. The van der Waals surface area contributed by atoms with Gasteiger partial charge in [-0.1, -0.05) is 55.5 Å². The highest BCUT2D eigenvalue weighted by atomic mass is 16.5. The number of aryl methyl sites for hydroxylation is 1. The Kier molecular flexibility index (Phi) is 5.99. The highest BCUT2D eigenvalue weighted by Crippen LogP contribution is 2.29. The molecule has 1 aliphatic heterocycles. The zero-order chi connectivity index (χ0) is 20.1. The summed E-state index contributed by atoms with van der Waals surface area (Å²) in [5.41, 5.74) is 2.39. The smallest absolute Gasteiger partial charge is 0.260 e. The number of carbonyl (C=O) groups excluding carboxylic acids is 1. The van der Waals surface area contributed by atoms with Crippen molar-refractivity contribution in [2.45, 2.75) is 32.2 Å². The third kappa shape index (κ3) is 4.37. The molecule has 1 unspecified atom stereocenters. The van der Waals surface area contributed by atoms with E-state index in [9.17, 15) is 4.79 Å². The summed E-state index contributed by atoms with van der Waals surface area (Å²) in [6.07, 6.45) is 3.05. The molecule has 4 heteroatoms. The van der Waals surface area contributed by atoms with Crippen molar-refractivity contribution in [1.82, 2.24) is 4.90 Å². The van der Waals surface area contributed by atoms with Crippen LogP contribution in [0.15, 0.2) is 66.7 Å². The lowest BCUT2D eigenvalue weighted by Crippen LogP contribution is -2.42. The normalized spacial score (nSPS) is 16.2. The molecule has 3 aromatic carbocycles. The molecule has 3 aromatic rings. The van der Waals surface area contributed by atoms with Gasteiger partial charge in [-0.05, 0) is 48.4 Å². The van der Waals surface area contributed by atoms with E-state index in [4.69, 9.17) is 4.74 Å². The van der Waals surface area contributed by atoms with E-state index in [2.05, 4.69) is 42.6 Å². The monoisotopic (exact) mass is 388 g/mol. The Bertz CT molecular complexity index is 971. The summed E-state index contributed by atoms with van der Waals surface area (Å²) in [5, 5.41) is 5.72. The molecule has 0 aromatic heterocycles. The van der Waals surface area contributed by atoms with Gasteiger partial charge >= 0.3 is 0 Å². The van der Waals surface area contributed by atoms with E-state index in [0.29, 0.717) is 0 Å². The van der Waals surface area contributed by atoms with Gasteiger partial charge in [0.15, 0.2) is 6.61 Å². The number of hydrogen-bond donors (Lipinski definition) is 1. The number of rotatable bonds is 7. The average molecular weight is 389 g/mol. The van der Waals surface area contributed by atoms with Crippen LogP contribution in [0.4, 0.5) is 5.69 Å². The lowest BCUT2D eigenvalue weighted by atomic mass is 10.0. The fourth-order valence-electron chi connectivity index (χ4n) is 4.16. The average Bonchev–Trinajstić information content (AvgIpc) is 3.25. The molecule has 0 aliphatic carbocycles. The second-order valence-electron chi connectivity index (χ2n) is 7.54. The van der Waals surface area contributed by atoms with Gasteiger partial charge in [-0.15, -0.1) is 0 Å². The van der Waals surface area contributed by atoms with Gasteiger partial charge in [0.05, 0.1) is 0 Å². The highest BCUT2D eigenvalue weighted by molar-refractivity contribution is 5.91. The maximum Gasteiger partial charge on any atom is 0.260 e. The van der Waals surface area contributed by atoms with E-state index >= 15 is 0 Å². The lowest BCUT2D eigenvalue weighted by Gasteiger charge is -2.25. The first-order valence-corrected chi connectivity index (χ1v) is 10.5. The highest BCUT2D eigenvalue weighted by Gasteiger charge is 2.28. The number of likely N-dealkylation sites (tertiary alicyclic amines) is 1. The van der Waals surface area contributed by atoms with Crippen LogP contribution in [0.1, 0.15) is 25.3 Å². The molecular formula is C25H28N2O2. The Morgan fingerprint density at radius 2 is 1.79 bits per heavy atom. The Balaban J connectivity index is 1.40. The van der Waals surface area contributed by atoms with Gasteiger partial charge in [-0.25, -0.2) is 0 Å². The molecule has 1 fully saturated rings. The number of benzene rings is 3. The van der Waals surface area contributed by atoms with Crippen molar-refractivity contribution in [3.8, 4) is 5.75 Å². The van der Waals surface area contributed by atoms with Gasteiger partial charge < -0.3 is 15.0 Å². The van der Waals surface area contributed by atoms with Crippen LogP contribution in [-0.4, -0.2) is 36.5 Å². The molecule has 4 rings (SSSR count). The molecule has 1 heterocycles. The number of fused-ring (bicyclic) bond motifs is 1. The molecule has 0 saturated carbocycles. The van der Waals surface area contributed by atoms with Crippen LogP contribution < -0.4 is 10.1 Å². The molecule has 4 nitrogen and oxygen atoms in total. The molecule has 0 radical (unpaired) electrons. The van der Waals surface area contributed by atoms with Gasteiger partial charge in [-0.2, -0.15) is 0 Å². The lowest BCUT2D eigenvalue weighted by molar-refractivity contribution is -0.133. The maximum atomic E-state index is 12.9. The topological polar surface area (TPSA) is 41.6 Å². The second-order valence-corrected chi connectivity index (χ2v) is 7.54. The van der Waals surface area contributed by atoms with Gasteiger partial charge in [0.2, 0.25) is 0 Å². The molecular weight excluding hydrogens is 360 g/mol.